The van der Waals surface area contributed by atoms with E-state index in [0.717, 1.165) is 0 Å². The molecule has 2 unspecified atom stereocenters. The summed E-state index contributed by atoms with van der Waals surface area (Å²) in [6.45, 7) is 11.1. The van der Waals surface area contributed by atoms with Gasteiger partial charge in [-0.15, -0.1) is 0 Å². The summed E-state index contributed by atoms with van der Waals surface area (Å²) < 4.78 is 7.02. The van der Waals surface area contributed by atoms with Crippen LogP contribution >= 0.6 is 0 Å². The fourth-order valence-corrected chi connectivity index (χ4v) is 1.60. The lowest BCUT2D eigenvalue weighted by Gasteiger charge is -2.24. The largest absolute Gasteiger partial charge is 0.460 e. The van der Waals surface area contributed by atoms with E-state index in [-0.39, 0.29) is 6.04 Å². The number of hydrogen-bond acceptors (Lipinski definition) is 4. The summed E-state index contributed by atoms with van der Waals surface area (Å²) in [6, 6.07) is 0.220. The maximum Gasteiger partial charge on any atom is 0.312 e. The summed E-state index contributed by atoms with van der Waals surface area (Å²) in [7, 11) is 0. The first kappa shape index (κ1) is 15.7. The van der Waals surface area contributed by atoms with Gasteiger partial charge >= 0.3 is 5.97 Å². The SMILES string of the molecule is CC(C(=O)OC(C)(C)C)C(O)c1cnn(C(C)C)c1. The molecule has 1 aromatic rings. The Hall–Kier alpha value is -1.36. The Morgan fingerprint density at radius 2 is 1.95 bits per heavy atom. The van der Waals surface area contributed by atoms with Crippen LogP contribution in [0.15, 0.2) is 12.4 Å². The quantitative estimate of drug-likeness (QED) is 0.852. The van der Waals surface area contributed by atoms with Crippen molar-refractivity contribution in [2.75, 3.05) is 0 Å². The Morgan fingerprint density at radius 1 is 1.37 bits per heavy atom. The van der Waals surface area contributed by atoms with Crippen LogP contribution in [-0.4, -0.2) is 26.5 Å². The minimum Gasteiger partial charge on any atom is -0.460 e. The highest BCUT2D eigenvalue weighted by atomic mass is 16.6. The van der Waals surface area contributed by atoms with Crippen molar-refractivity contribution >= 4 is 5.97 Å². The number of aromatic nitrogens is 2. The second-order valence-electron chi connectivity index (χ2n) is 6.11. The minimum absolute atomic E-state index is 0.220. The molecule has 0 spiro atoms. The standard InChI is InChI=1S/C14H24N2O3/c1-9(2)16-8-11(7-15-16)12(17)10(3)13(18)19-14(4,5)6/h7-10,12,17H,1-6H3. The third-order valence-corrected chi connectivity index (χ3v) is 2.74. The average molecular weight is 268 g/mol. The topological polar surface area (TPSA) is 64.3 Å². The zero-order valence-electron chi connectivity index (χ0n) is 12.5. The van der Waals surface area contributed by atoms with Gasteiger partial charge in [-0.05, 0) is 41.5 Å². The molecule has 0 fully saturated rings. The van der Waals surface area contributed by atoms with Gasteiger partial charge in [0, 0.05) is 17.8 Å². The maximum atomic E-state index is 11.9. The number of aliphatic hydroxyl groups is 1. The fourth-order valence-electron chi connectivity index (χ4n) is 1.60. The Morgan fingerprint density at radius 3 is 2.37 bits per heavy atom. The van der Waals surface area contributed by atoms with Gasteiger partial charge in [0.05, 0.1) is 18.2 Å². The van der Waals surface area contributed by atoms with Crippen LogP contribution in [0.25, 0.3) is 0 Å². The second kappa shape index (κ2) is 5.74. The van der Waals surface area contributed by atoms with Crippen LogP contribution in [0.4, 0.5) is 0 Å². The molecule has 2 atom stereocenters. The van der Waals surface area contributed by atoms with Crippen LogP contribution in [0.5, 0.6) is 0 Å². The second-order valence-corrected chi connectivity index (χ2v) is 6.11. The van der Waals surface area contributed by atoms with E-state index in [9.17, 15) is 9.90 Å². The van der Waals surface area contributed by atoms with Gasteiger partial charge in [0.1, 0.15) is 5.60 Å². The molecule has 1 heterocycles. The van der Waals surface area contributed by atoms with E-state index in [4.69, 9.17) is 4.74 Å². The molecule has 5 nitrogen and oxygen atoms in total. The van der Waals surface area contributed by atoms with Crippen molar-refractivity contribution in [1.29, 1.82) is 0 Å². The van der Waals surface area contributed by atoms with Crippen LogP contribution in [-0.2, 0) is 9.53 Å². The van der Waals surface area contributed by atoms with E-state index in [1.54, 1.807) is 44.8 Å². The molecule has 0 amide bonds. The first-order valence-electron chi connectivity index (χ1n) is 6.57. The first-order valence-corrected chi connectivity index (χ1v) is 6.57. The van der Waals surface area contributed by atoms with Gasteiger partial charge in [-0.3, -0.25) is 9.48 Å². The predicted octanol–water partition coefficient (Wildman–Crippen LogP) is 2.48. The molecule has 5 heteroatoms. The van der Waals surface area contributed by atoms with Crippen LogP contribution in [0.1, 0.15) is 59.3 Å². The van der Waals surface area contributed by atoms with E-state index in [1.165, 1.54) is 0 Å². The van der Waals surface area contributed by atoms with Crippen LogP contribution in [0.2, 0.25) is 0 Å². The molecule has 1 rings (SSSR count). The molecule has 0 aliphatic carbocycles. The molecular formula is C14H24N2O3. The molecule has 0 aliphatic heterocycles. The molecule has 0 radical (unpaired) electrons. The van der Waals surface area contributed by atoms with Crippen molar-refractivity contribution < 1.29 is 14.6 Å². The minimum atomic E-state index is -0.901. The highest BCUT2D eigenvalue weighted by molar-refractivity contribution is 5.73. The molecule has 1 N–H and O–H groups in total. The van der Waals surface area contributed by atoms with Crippen molar-refractivity contribution in [3.8, 4) is 0 Å². The van der Waals surface area contributed by atoms with Crippen molar-refractivity contribution in [3.05, 3.63) is 18.0 Å². The van der Waals surface area contributed by atoms with Crippen molar-refractivity contribution in [2.45, 2.75) is 59.3 Å². The van der Waals surface area contributed by atoms with Crippen molar-refractivity contribution in [2.24, 2.45) is 5.92 Å². The normalized spacial score (nSPS) is 15.4. The first-order chi connectivity index (χ1) is 8.61. The number of hydrogen-bond donors (Lipinski definition) is 1. The molecule has 108 valence electrons. The predicted molar refractivity (Wildman–Crippen MR) is 72.6 cm³/mol. The summed E-state index contributed by atoms with van der Waals surface area (Å²) in [5.74, 6) is -1.03. The lowest BCUT2D eigenvalue weighted by Crippen LogP contribution is -2.30. The van der Waals surface area contributed by atoms with E-state index in [0.29, 0.717) is 5.56 Å². The summed E-state index contributed by atoms with van der Waals surface area (Å²) in [6.07, 6.45) is 2.45. The van der Waals surface area contributed by atoms with Gasteiger partial charge in [0.15, 0.2) is 0 Å². The lowest BCUT2D eigenvalue weighted by molar-refractivity contribution is -0.163. The summed E-state index contributed by atoms with van der Waals surface area (Å²) in [5.41, 5.74) is 0.0831. The third kappa shape index (κ3) is 4.35. The van der Waals surface area contributed by atoms with Crippen LogP contribution < -0.4 is 0 Å². The number of ether oxygens (including phenoxy) is 1. The molecule has 0 saturated heterocycles. The number of carbonyl (C=O) groups excluding carboxylic acids is 1. The maximum absolute atomic E-state index is 11.9. The molecule has 0 bridgehead atoms. The molecule has 0 aromatic carbocycles. The summed E-state index contributed by atoms with van der Waals surface area (Å²) in [4.78, 5) is 11.9. The zero-order valence-corrected chi connectivity index (χ0v) is 12.5. The average Bonchev–Trinajstić information content (AvgIpc) is 2.73. The smallest absolute Gasteiger partial charge is 0.312 e. The Kier molecular flexibility index (Phi) is 4.74. The highest BCUT2D eigenvalue weighted by Crippen LogP contribution is 2.24. The number of aliphatic hydroxyl groups excluding tert-OH is 1. The van der Waals surface area contributed by atoms with E-state index < -0.39 is 23.6 Å². The van der Waals surface area contributed by atoms with Gasteiger partial charge < -0.3 is 9.84 Å². The highest BCUT2D eigenvalue weighted by Gasteiger charge is 2.29. The molecule has 1 aromatic heterocycles. The van der Waals surface area contributed by atoms with Gasteiger partial charge in [-0.2, -0.15) is 5.10 Å². The fraction of sp³-hybridized carbons (Fsp3) is 0.714. The van der Waals surface area contributed by atoms with Gasteiger partial charge in [0.2, 0.25) is 0 Å². The Balaban J connectivity index is 2.75. The van der Waals surface area contributed by atoms with Crippen LogP contribution in [0.3, 0.4) is 0 Å². The van der Waals surface area contributed by atoms with Crippen molar-refractivity contribution in [1.82, 2.24) is 9.78 Å². The van der Waals surface area contributed by atoms with Crippen LogP contribution in [0, 0.1) is 5.92 Å². The molecule has 0 saturated carbocycles. The van der Waals surface area contributed by atoms with Gasteiger partial charge in [-0.1, -0.05) is 0 Å². The van der Waals surface area contributed by atoms with E-state index in [1.807, 2.05) is 13.8 Å². The number of nitrogens with zero attached hydrogens (tertiary/aromatic N) is 2. The van der Waals surface area contributed by atoms with Crippen molar-refractivity contribution in [3.63, 3.8) is 0 Å². The Bertz CT molecular complexity index is 432. The molecular weight excluding hydrogens is 244 g/mol. The number of rotatable bonds is 4. The zero-order chi connectivity index (χ0) is 14.8. The lowest BCUT2D eigenvalue weighted by atomic mass is 10.00. The van der Waals surface area contributed by atoms with Gasteiger partial charge in [0.25, 0.3) is 0 Å². The number of esters is 1. The van der Waals surface area contributed by atoms with E-state index in [2.05, 4.69) is 5.10 Å². The monoisotopic (exact) mass is 268 g/mol. The summed E-state index contributed by atoms with van der Waals surface area (Å²) >= 11 is 0. The number of carbonyl (C=O) groups is 1. The molecule has 19 heavy (non-hydrogen) atoms. The summed E-state index contributed by atoms with van der Waals surface area (Å²) in [5, 5.41) is 14.4. The third-order valence-electron chi connectivity index (χ3n) is 2.74. The van der Waals surface area contributed by atoms with Gasteiger partial charge in [-0.25, -0.2) is 0 Å². The van der Waals surface area contributed by atoms with E-state index >= 15 is 0 Å². The molecule has 0 aliphatic rings. The Labute approximate surface area is 114 Å².